The zero-order valence-corrected chi connectivity index (χ0v) is 15.2. The summed E-state index contributed by atoms with van der Waals surface area (Å²) < 4.78 is 0. The van der Waals surface area contributed by atoms with Crippen LogP contribution in [0.15, 0.2) is 103 Å². The zero-order chi connectivity index (χ0) is 19.3. The molecule has 0 bridgehead atoms. The van der Waals surface area contributed by atoms with Crippen LogP contribution in [0, 0.1) is 11.3 Å². The minimum Gasteiger partial charge on any atom is -0.289 e. The Kier molecular flexibility index (Phi) is 4.82. The lowest BCUT2D eigenvalue weighted by molar-refractivity contribution is 0.103. The maximum Gasteiger partial charge on any atom is 0.193 e. The van der Waals surface area contributed by atoms with Gasteiger partial charge >= 0.3 is 0 Å². The molecule has 28 heavy (non-hydrogen) atoms. The smallest absolute Gasteiger partial charge is 0.193 e. The summed E-state index contributed by atoms with van der Waals surface area (Å²) in [6, 6.07) is 35.0. The van der Waals surface area contributed by atoms with Gasteiger partial charge in [-0.25, -0.2) is 0 Å². The van der Waals surface area contributed by atoms with Crippen molar-refractivity contribution in [3.63, 3.8) is 0 Å². The molecule has 4 aromatic carbocycles. The second-order valence-electron chi connectivity index (χ2n) is 6.54. The van der Waals surface area contributed by atoms with Gasteiger partial charge in [0.25, 0.3) is 0 Å². The molecule has 2 heteroatoms. The van der Waals surface area contributed by atoms with E-state index in [0.29, 0.717) is 16.7 Å². The van der Waals surface area contributed by atoms with E-state index in [1.54, 1.807) is 0 Å². The Balaban J connectivity index is 1.54. The van der Waals surface area contributed by atoms with Crippen molar-refractivity contribution in [1.82, 2.24) is 0 Å². The van der Waals surface area contributed by atoms with Gasteiger partial charge in [0.1, 0.15) is 0 Å². The molecule has 0 aromatic heterocycles. The normalized spacial score (nSPS) is 10.2. The molecule has 0 aliphatic carbocycles. The van der Waals surface area contributed by atoms with Crippen LogP contribution < -0.4 is 0 Å². The summed E-state index contributed by atoms with van der Waals surface area (Å²) >= 11 is 0. The molecular formula is C26H17NO. The predicted molar refractivity (Wildman–Crippen MR) is 112 cm³/mol. The summed E-state index contributed by atoms with van der Waals surface area (Å²) in [5.74, 6) is 0.0308. The Morgan fingerprint density at radius 2 is 0.929 bits per heavy atom. The summed E-state index contributed by atoms with van der Waals surface area (Å²) in [4.78, 5) is 12.5. The average Bonchev–Trinajstić information content (AvgIpc) is 2.79. The van der Waals surface area contributed by atoms with Gasteiger partial charge < -0.3 is 0 Å². The molecular weight excluding hydrogens is 342 g/mol. The number of carbonyl (C=O) groups excluding carboxylic acids is 1. The van der Waals surface area contributed by atoms with Crippen molar-refractivity contribution in [1.29, 1.82) is 5.26 Å². The second-order valence-corrected chi connectivity index (χ2v) is 6.54. The lowest BCUT2D eigenvalue weighted by atomic mass is 9.97. The third-order valence-electron chi connectivity index (χ3n) is 4.75. The minimum atomic E-state index is 0.0308. The summed E-state index contributed by atoms with van der Waals surface area (Å²) in [6.07, 6.45) is 0. The second kappa shape index (κ2) is 7.73. The van der Waals surface area contributed by atoms with Gasteiger partial charge in [-0.3, -0.25) is 4.79 Å². The van der Waals surface area contributed by atoms with Crippen LogP contribution in [0.3, 0.4) is 0 Å². The third-order valence-corrected chi connectivity index (χ3v) is 4.75. The number of ketones is 1. The summed E-state index contributed by atoms with van der Waals surface area (Å²) in [6.45, 7) is 0. The fraction of sp³-hybridized carbons (Fsp3) is 0. The molecule has 132 valence electrons. The summed E-state index contributed by atoms with van der Waals surface area (Å²) in [7, 11) is 0. The Morgan fingerprint density at radius 1 is 0.536 bits per heavy atom. The van der Waals surface area contributed by atoms with E-state index in [0.717, 1.165) is 22.3 Å². The molecule has 2 nitrogen and oxygen atoms in total. The topological polar surface area (TPSA) is 40.9 Å². The molecule has 0 aliphatic rings. The van der Waals surface area contributed by atoms with Crippen LogP contribution in [0.5, 0.6) is 0 Å². The molecule has 0 aliphatic heterocycles. The molecule has 4 aromatic rings. The highest BCUT2D eigenvalue weighted by atomic mass is 16.1. The SMILES string of the molecule is N#Cc1ccc(-c2ccc(-c3ccc(C(=O)c4ccccc4)cc3)cc2)cc1. The van der Waals surface area contributed by atoms with Crippen molar-refractivity contribution < 1.29 is 4.79 Å². The monoisotopic (exact) mass is 359 g/mol. The molecule has 4 rings (SSSR count). The summed E-state index contributed by atoms with van der Waals surface area (Å²) in [5, 5.41) is 8.91. The van der Waals surface area contributed by atoms with E-state index in [1.807, 2.05) is 78.9 Å². The van der Waals surface area contributed by atoms with Crippen LogP contribution >= 0.6 is 0 Å². The van der Waals surface area contributed by atoms with Crippen molar-refractivity contribution in [2.45, 2.75) is 0 Å². The molecule has 0 saturated heterocycles. The molecule has 0 atom stereocenters. The first kappa shape index (κ1) is 17.5. The lowest BCUT2D eigenvalue weighted by Gasteiger charge is -2.07. The molecule has 0 amide bonds. The molecule has 0 radical (unpaired) electrons. The Labute approximate surface area is 164 Å². The number of benzene rings is 4. The van der Waals surface area contributed by atoms with Gasteiger partial charge in [0.15, 0.2) is 5.78 Å². The Hall–Kier alpha value is -3.96. The largest absolute Gasteiger partial charge is 0.289 e. The predicted octanol–water partition coefficient (Wildman–Crippen LogP) is 6.12. The van der Waals surface area contributed by atoms with E-state index in [1.165, 1.54) is 0 Å². The van der Waals surface area contributed by atoms with Gasteiger partial charge in [-0.2, -0.15) is 5.26 Å². The first-order chi connectivity index (χ1) is 13.7. The van der Waals surface area contributed by atoms with Crippen LogP contribution in [0.4, 0.5) is 0 Å². The molecule has 0 unspecified atom stereocenters. The van der Waals surface area contributed by atoms with Gasteiger partial charge in [-0.15, -0.1) is 0 Å². The van der Waals surface area contributed by atoms with Gasteiger partial charge in [0, 0.05) is 11.1 Å². The highest BCUT2D eigenvalue weighted by molar-refractivity contribution is 6.09. The van der Waals surface area contributed by atoms with Crippen LogP contribution in [-0.4, -0.2) is 5.78 Å². The van der Waals surface area contributed by atoms with Crippen molar-refractivity contribution in [3.8, 4) is 28.3 Å². The first-order valence-corrected chi connectivity index (χ1v) is 9.05. The average molecular weight is 359 g/mol. The van der Waals surface area contributed by atoms with E-state index >= 15 is 0 Å². The highest BCUT2D eigenvalue weighted by Gasteiger charge is 2.08. The highest BCUT2D eigenvalue weighted by Crippen LogP contribution is 2.25. The zero-order valence-electron chi connectivity index (χ0n) is 15.2. The van der Waals surface area contributed by atoms with Crippen molar-refractivity contribution in [2.75, 3.05) is 0 Å². The van der Waals surface area contributed by atoms with Crippen molar-refractivity contribution in [3.05, 3.63) is 120 Å². The number of rotatable bonds is 4. The number of carbonyl (C=O) groups is 1. The van der Waals surface area contributed by atoms with Crippen LogP contribution in [0.2, 0.25) is 0 Å². The molecule has 0 saturated carbocycles. The van der Waals surface area contributed by atoms with Crippen molar-refractivity contribution in [2.24, 2.45) is 0 Å². The molecule has 0 fully saturated rings. The fourth-order valence-electron chi connectivity index (χ4n) is 3.16. The van der Waals surface area contributed by atoms with Crippen LogP contribution in [-0.2, 0) is 0 Å². The third kappa shape index (κ3) is 3.60. The molecule has 0 heterocycles. The van der Waals surface area contributed by atoms with E-state index in [9.17, 15) is 4.79 Å². The van der Waals surface area contributed by atoms with Gasteiger partial charge in [-0.1, -0.05) is 91.0 Å². The maximum atomic E-state index is 12.5. The maximum absolute atomic E-state index is 12.5. The minimum absolute atomic E-state index is 0.0308. The lowest BCUT2D eigenvalue weighted by Crippen LogP contribution is -2.00. The van der Waals surface area contributed by atoms with E-state index in [-0.39, 0.29) is 5.78 Å². The quantitative estimate of drug-likeness (QED) is 0.412. The standard InChI is InChI=1S/C26H17NO/c27-18-19-6-8-20(9-7-19)21-10-12-22(13-11-21)23-14-16-25(17-15-23)26(28)24-4-2-1-3-5-24/h1-17H. The number of nitriles is 1. The fourth-order valence-corrected chi connectivity index (χ4v) is 3.16. The number of nitrogens with zero attached hydrogens (tertiary/aromatic N) is 1. The van der Waals surface area contributed by atoms with E-state index in [2.05, 4.69) is 30.3 Å². The van der Waals surface area contributed by atoms with Crippen LogP contribution in [0.1, 0.15) is 21.5 Å². The molecule has 0 N–H and O–H groups in total. The van der Waals surface area contributed by atoms with Gasteiger partial charge in [-0.05, 0) is 34.4 Å². The number of hydrogen-bond acceptors (Lipinski definition) is 2. The van der Waals surface area contributed by atoms with Gasteiger partial charge in [0.05, 0.1) is 11.6 Å². The molecule has 0 spiro atoms. The van der Waals surface area contributed by atoms with E-state index in [4.69, 9.17) is 5.26 Å². The summed E-state index contributed by atoms with van der Waals surface area (Å²) in [5.41, 5.74) is 6.38. The van der Waals surface area contributed by atoms with Gasteiger partial charge in [0.2, 0.25) is 0 Å². The van der Waals surface area contributed by atoms with Crippen LogP contribution in [0.25, 0.3) is 22.3 Å². The first-order valence-electron chi connectivity index (χ1n) is 9.05. The Bertz CT molecular complexity index is 1130. The van der Waals surface area contributed by atoms with Crippen molar-refractivity contribution >= 4 is 5.78 Å². The number of hydrogen-bond donors (Lipinski definition) is 0. The Morgan fingerprint density at radius 3 is 1.39 bits per heavy atom. The van der Waals surface area contributed by atoms with E-state index < -0.39 is 0 Å².